The molecule has 0 aromatic carbocycles. The van der Waals surface area contributed by atoms with Crippen molar-refractivity contribution in [3.63, 3.8) is 0 Å². The smallest absolute Gasteiger partial charge is 0.250 e. The Labute approximate surface area is 61.7 Å². The third-order valence-electron chi connectivity index (χ3n) is 0.491. The lowest BCUT2D eigenvalue weighted by Crippen LogP contribution is -2.22. The summed E-state index contributed by atoms with van der Waals surface area (Å²) < 4.78 is 34.8. The molecule has 0 aliphatic rings. The van der Waals surface area contributed by atoms with Crippen LogP contribution in [0.5, 0.6) is 0 Å². The highest BCUT2D eigenvalue weighted by atomic mass is 79.9. The van der Waals surface area contributed by atoms with Crippen LogP contribution in [0.2, 0.25) is 0 Å². The molecule has 5 heteroatoms. The Bertz CT molecular complexity index is 69.4. The molecule has 0 saturated heterocycles. The second-order valence-corrected chi connectivity index (χ2v) is 3.33. The van der Waals surface area contributed by atoms with E-state index < -0.39 is 16.3 Å². The van der Waals surface area contributed by atoms with E-state index in [1.54, 1.807) is 0 Å². The summed E-state index contributed by atoms with van der Waals surface area (Å²) in [4.78, 5) is -4.56. The van der Waals surface area contributed by atoms with Crippen molar-refractivity contribution >= 4 is 31.9 Å². The molecule has 0 spiro atoms. The molecule has 0 nitrogen and oxygen atoms in total. The minimum absolute atomic E-state index is 1.09. The van der Waals surface area contributed by atoms with Crippen molar-refractivity contribution in [2.45, 2.75) is 9.66 Å². The third kappa shape index (κ3) is 2.91. The van der Waals surface area contributed by atoms with Crippen LogP contribution >= 0.6 is 31.9 Å². The van der Waals surface area contributed by atoms with E-state index in [1.165, 1.54) is 0 Å². The summed E-state index contributed by atoms with van der Waals surface area (Å²) in [5.41, 5.74) is 0. The van der Waals surface area contributed by atoms with Gasteiger partial charge in [-0.3, -0.25) is 0 Å². The molecule has 0 amide bonds. The van der Waals surface area contributed by atoms with Gasteiger partial charge in [0.25, 0.3) is 0 Å². The molecule has 0 aromatic rings. The molecule has 50 valence electrons. The Morgan fingerprint density at radius 1 is 1.50 bits per heavy atom. The van der Waals surface area contributed by atoms with Gasteiger partial charge in [-0.05, 0) is 15.9 Å². The fourth-order valence-electron chi connectivity index (χ4n) is 0.0875. The van der Waals surface area contributed by atoms with E-state index in [4.69, 9.17) is 0 Å². The molecular weight excluding hydrogens is 253 g/mol. The van der Waals surface area contributed by atoms with Gasteiger partial charge in [-0.1, -0.05) is 15.9 Å². The molecule has 0 fully saturated rings. The molecule has 0 aliphatic heterocycles. The summed E-state index contributed by atoms with van der Waals surface area (Å²) in [5.74, 6) is 0. The Balaban J connectivity index is 3.62. The minimum Gasteiger partial charge on any atom is -0.250 e. The van der Waals surface area contributed by atoms with E-state index in [0.29, 0.717) is 0 Å². The summed E-state index contributed by atoms with van der Waals surface area (Å²) in [6.45, 7) is -1.09. The maximum Gasteiger partial charge on any atom is 0.316 e. The summed E-state index contributed by atoms with van der Waals surface area (Å²) in [5, 5.41) is 0. The van der Waals surface area contributed by atoms with Gasteiger partial charge in [0.15, 0.2) is 0 Å². The molecule has 0 N–H and O–H groups in total. The lowest BCUT2D eigenvalue weighted by molar-refractivity contribution is 0.105. The van der Waals surface area contributed by atoms with E-state index in [-0.39, 0.29) is 0 Å². The first-order valence-corrected chi connectivity index (χ1v) is 3.46. The molecule has 0 aliphatic carbocycles. The van der Waals surface area contributed by atoms with Crippen molar-refractivity contribution in [1.29, 1.82) is 0 Å². The second kappa shape index (κ2) is 3.06. The van der Waals surface area contributed by atoms with Crippen LogP contribution in [0.3, 0.4) is 0 Å². The van der Waals surface area contributed by atoms with Crippen molar-refractivity contribution in [2.24, 2.45) is 0 Å². The van der Waals surface area contributed by atoms with Crippen LogP contribution < -0.4 is 0 Å². The maximum absolute atomic E-state index is 11.7. The molecule has 8 heavy (non-hydrogen) atoms. The average molecular weight is 256 g/mol. The van der Waals surface area contributed by atoms with Gasteiger partial charge in [-0.2, -0.15) is 8.78 Å². The van der Waals surface area contributed by atoms with Crippen LogP contribution in [0, 0.1) is 0 Å². The monoisotopic (exact) mass is 254 g/mol. The van der Waals surface area contributed by atoms with Crippen LogP contribution in [0.1, 0.15) is 0 Å². The highest BCUT2D eigenvalue weighted by molar-refractivity contribution is 9.12. The fraction of sp³-hybridized carbons (Fsp3) is 1.00. The zero-order valence-corrected chi connectivity index (χ0v) is 6.85. The quantitative estimate of drug-likeness (QED) is 0.666. The van der Waals surface area contributed by atoms with E-state index >= 15 is 0 Å². The standard InChI is InChI=1S/C3H3Br2F3/c4-2(1-6)3(5,7)8/h2H,1H2. The molecule has 0 aromatic heterocycles. The maximum atomic E-state index is 11.7. The van der Waals surface area contributed by atoms with Gasteiger partial charge in [0, 0.05) is 0 Å². The normalized spacial score (nSPS) is 16.1. The predicted octanol–water partition coefficient (Wildman–Crippen LogP) is 2.71. The van der Waals surface area contributed by atoms with Crippen molar-refractivity contribution in [3.05, 3.63) is 0 Å². The zero-order chi connectivity index (χ0) is 6.78. The Morgan fingerprint density at radius 3 is 1.88 bits per heavy atom. The summed E-state index contributed by atoms with van der Waals surface area (Å²) >= 11 is 4.41. The average Bonchev–Trinajstić information content (AvgIpc) is 1.62. The topological polar surface area (TPSA) is 0 Å². The van der Waals surface area contributed by atoms with Gasteiger partial charge in [0.2, 0.25) is 0 Å². The highest BCUT2D eigenvalue weighted by Crippen LogP contribution is 2.31. The predicted molar refractivity (Wildman–Crippen MR) is 32.6 cm³/mol. The second-order valence-electron chi connectivity index (χ2n) is 1.16. The van der Waals surface area contributed by atoms with Gasteiger partial charge in [-0.15, -0.1) is 0 Å². The minimum atomic E-state index is -3.14. The third-order valence-corrected chi connectivity index (χ3v) is 2.48. The molecule has 0 radical (unpaired) electrons. The summed E-state index contributed by atoms with van der Waals surface area (Å²) in [6.07, 6.45) is 0. The molecule has 1 atom stereocenters. The Kier molecular flexibility index (Phi) is 3.34. The number of rotatable bonds is 2. The van der Waals surface area contributed by atoms with E-state index in [1.807, 2.05) is 15.9 Å². The SMILES string of the molecule is FCC(Br)C(F)(F)Br. The first-order chi connectivity index (χ1) is 3.48. The van der Waals surface area contributed by atoms with Gasteiger partial charge in [0.1, 0.15) is 11.5 Å². The van der Waals surface area contributed by atoms with Gasteiger partial charge >= 0.3 is 4.83 Å². The van der Waals surface area contributed by atoms with Gasteiger partial charge < -0.3 is 0 Å². The van der Waals surface area contributed by atoms with Gasteiger partial charge in [0.05, 0.1) is 0 Å². The van der Waals surface area contributed by atoms with Crippen LogP contribution in [0.25, 0.3) is 0 Å². The van der Waals surface area contributed by atoms with Crippen LogP contribution in [-0.2, 0) is 0 Å². The lowest BCUT2D eigenvalue weighted by atomic mass is 10.5. The lowest BCUT2D eigenvalue weighted by Gasteiger charge is -2.10. The number of halogens is 5. The number of alkyl halides is 5. The molecule has 0 saturated carbocycles. The van der Waals surface area contributed by atoms with Crippen molar-refractivity contribution in [2.75, 3.05) is 6.67 Å². The molecule has 0 bridgehead atoms. The molecular formula is C3H3Br2F3. The molecule has 1 unspecified atom stereocenters. The first kappa shape index (κ1) is 8.75. The van der Waals surface area contributed by atoms with Crippen molar-refractivity contribution in [3.8, 4) is 0 Å². The van der Waals surface area contributed by atoms with E-state index in [9.17, 15) is 13.2 Å². The fourth-order valence-corrected chi connectivity index (χ4v) is 0.210. The van der Waals surface area contributed by atoms with Crippen molar-refractivity contribution < 1.29 is 13.2 Å². The van der Waals surface area contributed by atoms with E-state index in [0.717, 1.165) is 0 Å². The molecule has 0 rings (SSSR count). The largest absolute Gasteiger partial charge is 0.316 e. The van der Waals surface area contributed by atoms with E-state index in [2.05, 4.69) is 15.9 Å². The van der Waals surface area contributed by atoms with Gasteiger partial charge in [-0.25, -0.2) is 4.39 Å². The van der Waals surface area contributed by atoms with Crippen LogP contribution in [-0.4, -0.2) is 16.3 Å². The Hall–Kier alpha value is 0.750. The van der Waals surface area contributed by atoms with Crippen LogP contribution in [0.15, 0.2) is 0 Å². The highest BCUT2D eigenvalue weighted by Gasteiger charge is 2.34. The van der Waals surface area contributed by atoms with Crippen LogP contribution in [0.4, 0.5) is 13.2 Å². The number of hydrogen-bond donors (Lipinski definition) is 0. The zero-order valence-electron chi connectivity index (χ0n) is 3.67. The van der Waals surface area contributed by atoms with Crippen molar-refractivity contribution in [1.82, 2.24) is 0 Å². The summed E-state index contributed by atoms with van der Waals surface area (Å²) in [6, 6.07) is 0. The Morgan fingerprint density at radius 2 is 1.88 bits per heavy atom. The number of hydrogen-bond acceptors (Lipinski definition) is 0. The first-order valence-electron chi connectivity index (χ1n) is 1.75. The molecule has 0 heterocycles. The summed E-state index contributed by atoms with van der Waals surface area (Å²) in [7, 11) is 0.